The number of rotatable bonds is 4. The lowest BCUT2D eigenvalue weighted by molar-refractivity contribution is 0.0687. The summed E-state index contributed by atoms with van der Waals surface area (Å²) in [5.74, 6) is -0.899. The van der Waals surface area contributed by atoms with Crippen molar-refractivity contribution in [2.75, 3.05) is 6.54 Å². The van der Waals surface area contributed by atoms with Crippen LogP contribution in [0, 0.1) is 5.82 Å². The summed E-state index contributed by atoms with van der Waals surface area (Å²) < 4.78 is 19.0. The summed E-state index contributed by atoms with van der Waals surface area (Å²) in [6, 6.07) is 21.6. The van der Waals surface area contributed by atoms with Gasteiger partial charge >= 0.3 is 5.97 Å². The Morgan fingerprint density at radius 3 is 2.14 bits per heavy atom. The van der Waals surface area contributed by atoms with Crippen LogP contribution in [0.4, 0.5) is 4.39 Å². The molecule has 0 saturated heterocycles. The van der Waals surface area contributed by atoms with Crippen LogP contribution < -0.4 is 0 Å². The third-order valence-corrected chi connectivity index (χ3v) is 4.77. The SMILES string of the molecule is CCN1C(=O)c2ccccc2/C1=C(\OC(=O)c1ccc(F)cc1)c1ccccc1. The summed E-state index contributed by atoms with van der Waals surface area (Å²) in [7, 11) is 0. The largest absolute Gasteiger partial charge is 0.420 e. The number of benzene rings is 3. The highest BCUT2D eigenvalue weighted by Crippen LogP contribution is 2.38. The number of carbonyl (C=O) groups excluding carboxylic acids is 2. The lowest BCUT2D eigenvalue weighted by atomic mass is 10.0. The van der Waals surface area contributed by atoms with Crippen molar-refractivity contribution < 1.29 is 18.7 Å². The van der Waals surface area contributed by atoms with Gasteiger partial charge in [0.2, 0.25) is 0 Å². The van der Waals surface area contributed by atoms with E-state index in [1.165, 1.54) is 24.3 Å². The summed E-state index contributed by atoms with van der Waals surface area (Å²) in [6.07, 6.45) is 0. The zero-order chi connectivity index (χ0) is 20.4. The van der Waals surface area contributed by atoms with Crippen LogP contribution in [0.3, 0.4) is 0 Å². The Morgan fingerprint density at radius 1 is 0.862 bits per heavy atom. The van der Waals surface area contributed by atoms with Gasteiger partial charge in [0, 0.05) is 23.2 Å². The third-order valence-electron chi connectivity index (χ3n) is 4.77. The van der Waals surface area contributed by atoms with Crippen molar-refractivity contribution >= 4 is 23.3 Å². The third kappa shape index (κ3) is 3.43. The van der Waals surface area contributed by atoms with Crippen molar-refractivity contribution in [3.63, 3.8) is 0 Å². The van der Waals surface area contributed by atoms with Crippen LogP contribution in [0.25, 0.3) is 11.5 Å². The fourth-order valence-corrected chi connectivity index (χ4v) is 3.39. The maximum atomic E-state index is 13.2. The quantitative estimate of drug-likeness (QED) is 0.468. The highest BCUT2D eigenvalue weighted by atomic mass is 19.1. The summed E-state index contributed by atoms with van der Waals surface area (Å²) in [5.41, 5.74) is 2.72. The minimum absolute atomic E-state index is 0.135. The number of halogens is 1. The highest BCUT2D eigenvalue weighted by molar-refractivity contribution is 6.13. The summed E-state index contributed by atoms with van der Waals surface area (Å²) in [6.45, 7) is 2.29. The number of hydrogen-bond donors (Lipinski definition) is 0. The number of hydrogen-bond acceptors (Lipinski definition) is 3. The Labute approximate surface area is 167 Å². The predicted molar refractivity (Wildman–Crippen MR) is 108 cm³/mol. The zero-order valence-electron chi connectivity index (χ0n) is 15.8. The lowest BCUT2D eigenvalue weighted by Crippen LogP contribution is -2.24. The van der Waals surface area contributed by atoms with Gasteiger partial charge in [-0.1, -0.05) is 48.5 Å². The summed E-state index contributed by atoms with van der Waals surface area (Å²) in [5, 5.41) is 0. The predicted octanol–water partition coefficient (Wildman–Crippen LogP) is 4.98. The second-order valence-corrected chi connectivity index (χ2v) is 6.54. The van der Waals surface area contributed by atoms with E-state index in [9.17, 15) is 14.0 Å². The number of esters is 1. The van der Waals surface area contributed by atoms with Crippen LogP contribution in [-0.2, 0) is 4.74 Å². The minimum atomic E-state index is -0.621. The van der Waals surface area contributed by atoms with Gasteiger partial charge in [-0.05, 0) is 37.3 Å². The van der Waals surface area contributed by atoms with E-state index in [4.69, 9.17) is 4.74 Å². The molecule has 0 saturated carbocycles. The molecule has 0 N–H and O–H groups in total. The van der Waals surface area contributed by atoms with Crippen molar-refractivity contribution in [2.24, 2.45) is 0 Å². The van der Waals surface area contributed by atoms with Crippen LogP contribution in [0.2, 0.25) is 0 Å². The standard InChI is InChI=1S/C24H18FNO3/c1-2-26-21(19-10-6-7-11-20(19)23(26)27)22(16-8-4-3-5-9-16)29-24(28)17-12-14-18(25)15-13-17/h3-15H,2H2,1H3/b22-21+. The van der Waals surface area contributed by atoms with Crippen molar-refractivity contribution in [3.05, 3.63) is 107 Å². The first-order valence-electron chi connectivity index (χ1n) is 9.29. The van der Waals surface area contributed by atoms with Gasteiger partial charge in [0.25, 0.3) is 5.91 Å². The molecule has 0 spiro atoms. The average molecular weight is 387 g/mol. The van der Waals surface area contributed by atoms with Crippen LogP contribution in [-0.4, -0.2) is 23.3 Å². The van der Waals surface area contributed by atoms with Crippen molar-refractivity contribution in [2.45, 2.75) is 6.92 Å². The molecular weight excluding hydrogens is 369 g/mol. The number of nitrogens with zero attached hydrogens (tertiary/aromatic N) is 1. The number of fused-ring (bicyclic) bond motifs is 1. The molecule has 5 heteroatoms. The molecule has 1 aliphatic heterocycles. The Hall–Kier alpha value is -3.73. The molecule has 3 aromatic carbocycles. The van der Waals surface area contributed by atoms with Crippen molar-refractivity contribution in [1.82, 2.24) is 4.90 Å². The van der Waals surface area contributed by atoms with E-state index in [2.05, 4.69) is 0 Å². The molecule has 29 heavy (non-hydrogen) atoms. The molecule has 0 aromatic heterocycles. The molecule has 1 heterocycles. The number of ether oxygens (including phenoxy) is 1. The Morgan fingerprint density at radius 2 is 1.48 bits per heavy atom. The first-order valence-corrected chi connectivity index (χ1v) is 9.29. The zero-order valence-corrected chi connectivity index (χ0v) is 15.8. The molecule has 1 aliphatic rings. The molecular formula is C24H18FNO3. The van der Waals surface area contributed by atoms with E-state index in [1.54, 1.807) is 17.0 Å². The van der Waals surface area contributed by atoms with Crippen LogP contribution in [0.5, 0.6) is 0 Å². The molecule has 0 bridgehead atoms. The van der Waals surface area contributed by atoms with E-state index in [1.807, 2.05) is 49.4 Å². The Kier molecular flexibility index (Phi) is 4.96. The summed E-state index contributed by atoms with van der Waals surface area (Å²) in [4.78, 5) is 27.3. The minimum Gasteiger partial charge on any atom is -0.420 e. The highest BCUT2D eigenvalue weighted by Gasteiger charge is 2.35. The lowest BCUT2D eigenvalue weighted by Gasteiger charge is -2.20. The van der Waals surface area contributed by atoms with Gasteiger partial charge in [0.15, 0.2) is 5.76 Å². The second-order valence-electron chi connectivity index (χ2n) is 6.54. The van der Waals surface area contributed by atoms with Gasteiger partial charge in [-0.15, -0.1) is 0 Å². The van der Waals surface area contributed by atoms with Gasteiger partial charge in [0.05, 0.1) is 11.3 Å². The fraction of sp³-hybridized carbons (Fsp3) is 0.0833. The normalized spacial score (nSPS) is 14.6. The van der Waals surface area contributed by atoms with Crippen LogP contribution in [0.15, 0.2) is 78.9 Å². The molecule has 144 valence electrons. The van der Waals surface area contributed by atoms with E-state index in [-0.39, 0.29) is 11.5 Å². The van der Waals surface area contributed by atoms with Gasteiger partial charge in [0.1, 0.15) is 5.82 Å². The van der Waals surface area contributed by atoms with Gasteiger partial charge in [-0.25, -0.2) is 9.18 Å². The Balaban J connectivity index is 1.88. The molecule has 3 aromatic rings. The first kappa shape index (κ1) is 18.6. The van der Waals surface area contributed by atoms with Gasteiger partial charge < -0.3 is 9.64 Å². The Bertz CT molecular complexity index is 1100. The monoisotopic (exact) mass is 387 g/mol. The summed E-state index contributed by atoms with van der Waals surface area (Å²) >= 11 is 0. The fourth-order valence-electron chi connectivity index (χ4n) is 3.39. The molecule has 0 fully saturated rings. The topological polar surface area (TPSA) is 46.6 Å². The van der Waals surface area contributed by atoms with E-state index < -0.39 is 11.8 Å². The molecule has 4 rings (SSSR count). The smallest absolute Gasteiger partial charge is 0.343 e. The molecule has 0 atom stereocenters. The van der Waals surface area contributed by atoms with Gasteiger partial charge in [-0.3, -0.25) is 4.79 Å². The van der Waals surface area contributed by atoms with E-state index >= 15 is 0 Å². The number of amides is 1. The average Bonchev–Trinajstić information content (AvgIpc) is 3.04. The second kappa shape index (κ2) is 7.72. The van der Waals surface area contributed by atoms with Gasteiger partial charge in [-0.2, -0.15) is 0 Å². The molecule has 0 unspecified atom stereocenters. The van der Waals surface area contributed by atoms with Crippen LogP contribution in [0.1, 0.15) is 38.8 Å². The first-order chi connectivity index (χ1) is 14.1. The van der Waals surface area contributed by atoms with Crippen molar-refractivity contribution in [1.29, 1.82) is 0 Å². The molecule has 0 radical (unpaired) electrons. The van der Waals surface area contributed by atoms with Crippen molar-refractivity contribution in [3.8, 4) is 0 Å². The maximum Gasteiger partial charge on any atom is 0.343 e. The van der Waals surface area contributed by atoms with E-state index in [0.717, 1.165) is 0 Å². The number of carbonyl (C=O) groups is 2. The molecule has 4 nitrogen and oxygen atoms in total. The molecule has 1 amide bonds. The van der Waals surface area contributed by atoms with Crippen LogP contribution >= 0.6 is 0 Å². The molecule has 0 aliphatic carbocycles. The maximum absolute atomic E-state index is 13.2. The van der Waals surface area contributed by atoms with E-state index in [0.29, 0.717) is 34.7 Å².